The van der Waals surface area contributed by atoms with Crippen LogP contribution in [-0.4, -0.2) is 211 Å². The molecule has 7 aromatic rings. The third kappa shape index (κ3) is 23.6. The Kier molecular flexibility index (Phi) is 32.0. The van der Waals surface area contributed by atoms with E-state index in [-0.39, 0.29) is 92.3 Å². The smallest absolute Gasteiger partial charge is 0.422 e. The molecule has 0 fully saturated rings. The summed E-state index contributed by atoms with van der Waals surface area (Å²) in [5.74, 6) is -4.04. The Morgan fingerprint density at radius 1 is 0.393 bits per heavy atom. The molecule has 0 aliphatic carbocycles. The van der Waals surface area contributed by atoms with E-state index in [4.69, 9.17) is 4.42 Å². The number of anilines is 5. The molecule has 31 heteroatoms. The maximum absolute atomic E-state index is 12.5. The average molecular weight is 1660 g/mol. The van der Waals surface area contributed by atoms with Crippen LogP contribution in [0.3, 0.4) is 0 Å². The van der Waals surface area contributed by atoms with Gasteiger partial charge < -0.3 is 106 Å². The highest BCUT2D eigenvalue weighted by molar-refractivity contribution is 6.31. The van der Waals surface area contributed by atoms with Gasteiger partial charge in [-0.1, -0.05) is 36.4 Å². The second-order valence-electron chi connectivity index (χ2n) is 26.5. The Labute approximate surface area is 650 Å². The van der Waals surface area contributed by atoms with Crippen molar-refractivity contribution < 1.29 is 122 Å². The minimum absolute atomic E-state index is 0. The molecule has 0 bridgehead atoms. The van der Waals surface area contributed by atoms with Crippen molar-refractivity contribution in [3.8, 4) is 0 Å². The number of amides is 11. The first kappa shape index (κ1) is 86.8. The zero-order chi connectivity index (χ0) is 75.5. The van der Waals surface area contributed by atoms with Crippen molar-refractivity contribution in [2.75, 3.05) is 154 Å². The third-order valence-electron chi connectivity index (χ3n) is 17.5. The van der Waals surface area contributed by atoms with Gasteiger partial charge in [-0.15, -0.1) is 0 Å². The number of hydrogen-bond donors (Lipinski definition) is 7. The Bertz CT molecular complexity index is 4620. The third-order valence-corrected chi connectivity index (χ3v) is 17.5. The van der Waals surface area contributed by atoms with Gasteiger partial charge in [-0.25, -0.2) is 24.3 Å². The van der Waals surface area contributed by atoms with Crippen molar-refractivity contribution in [3.05, 3.63) is 230 Å². The molecule has 10 rings (SSSR count). The molecule has 1 aromatic heterocycles. The number of para-hydroxylation sites is 3. The normalized spacial score (nSPS) is 13.1. The van der Waals surface area contributed by atoms with Crippen LogP contribution >= 0.6 is 0 Å². The van der Waals surface area contributed by atoms with Gasteiger partial charge in [-0.05, 0) is 116 Å². The molecule has 28 nitrogen and oxygen atoms in total. The number of nitrogens with one attached hydrogen (secondary N) is 7. The van der Waals surface area contributed by atoms with Crippen molar-refractivity contribution in [2.45, 2.75) is 13.5 Å². The number of carbonyl (C=O) groups is 11. The van der Waals surface area contributed by atoms with Gasteiger partial charge in [0.15, 0.2) is 0 Å². The SMILES string of the molecule is CNC(=O)c1ccccc1NCC[N+](C)(C)CCNC(=O)c1ccc(N2C(=O)C=C(C)C2=O)cc1.CNC(=O)c1ccccc1NCC[N+](C)(C)CCNC(=O)c1ccc(N2C(=O)C=CC2=O)cc1.C[N+](C)(CCNC(=O)c1ccc(N2C(=O)C=CC2=O)cc1)CCn1c(=O)oc(=O)c2ccccc21.[Br-].[Br-].[Br-]. The highest BCUT2D eigenvalue weighted by Crippen LogP contribution is 2.25. The predicted molar refractivity (Wildman–Crippen MR) is 395 cm³/mol. The van der Waals surface area contributed by atoms with E-state index < -0.39 is 35.0 Å². The van der Waals surface area contributed by atoms with Gasteiger partial charge in [-0.2, -0.15) is 0 Å². The lowest BCUT2D eigenvalue weighted by Gasteiger charge is -2.30. The number of benzene rings is 6. The second kappa shape index (κ2) is 39.5. The molecule has 7 N–H and O–H groups in total. The van der Waals surface area contributed by atoms with Crippen molar-refractivity contribution in [2.24, 2.45) is 0 Å². The van der Waals surface area contributed by atoms with Crippen LogP contribution in [-0.2, 0) is 35.3 Å². The van der Waals surface area contributed by atoms with Crippen LogP contribution in [0, 0.1) is 0 Å². The largest absolute Gasteiger partial charge is 1.00 e. The molecule has 4 heterocycles. The molecule has 11 amide bonds. The summed E-state index contributed by atoms with van der Waals surface area (Å²) in [6, 6.07) is 40.5. The summed E-state index contributed by atoms with van der Waals surface area (Å²) >= 11 is 0. The van der Waals surface area contributed by atoms with Crippen molar-refractivity contribution >= 4 is 104 Å². The summed E-state index contributed by atoms with van der Waals surface area (Å²) in [7, 11) is 15.5. The number of imide groups is 3. The number of likely N-dealkylation sites (N-methyl/N-ethyl adjacent to an activating group) is 3. The van der Waals surface area contributed by atoms with E-state index in [1.807, 2.05) is 50.5 Å². The highest BCUT2D eigenvalue weighted by atomic mass is 79.9. The summed E-state index contributed by atoms with van der Waals surface area (Å²) in [6.45, 7) is 8.79. The number of nitrogens with zero attached hydrogens (tertiary/aromatic N) is 7. The first-order valence-corrected chi connectivity index (χ1v) is 33.5. The number of fused-ring (bicyclic) bond motifs is 1. The van der Waals surface area contributed by atoms with Gasteiger partial charge in [0.25, 0.3) is 65.0 Å². The lowest BCUT2D eigenvalue weighted by molar-refractivity contribution is -0.889. The molecule has 0 atom stereocenters. The number of quaternary nitrogens is 3. The van der Waals surface area contributed by atoms with Crippen LogP contribution in [0.5, 0.6) is 0 Å². The Morgan fingerprint density at radius 3 is 1.09 bits per heavy atom. The topological polar surface area (TPSA) is 334 Å². The van der Waals surface area contributed by atoms with E-state index >= 15 is 0 Å². The van der Waals surface area contributed by atoms with E-state index in [9.17, 15) is 62.3 Å². The lowest BCUT2D eigenvalue weighted by Crippen LogP contribution is -3.00. The molecule has 0 radical (unpaired) electrons. The number of halogens is 3. The van der Waals surface area contributed by atoms with Crippen LogP contribution in [0.15, 0.2) is 196 Å². The molecule has 0 unspecified atom stereocenters. The lowest BCUT2D eigenvalue weighted by atomic mass is 10.1. The van der Waals surface area contributed by atoms with E-state index in [2.05, 4.69) is 65.4 Å². The zero-order valence-corrected chi connectivity index (χ0v) is 65.5. The van der Waals surface area contributed by atoms with Crippen molar-refractivity contribution in [3.63, 3.8) is 0 Å². The van der Waals surface area contributed by atoms with Gasteiger partial charge in [0.05, 0.1) is 160 Å². The fraction of sp³-hybridized carbons (Fsp3) is 0.276. The molecular formula is C76H87Br3N14O14. The van der Waals surface area contributed by atoms with E-state index in [0.717, 1.165) is 39.2 Å². The van der Waals surface area contributed by atoms with Crippen molar-refractivity contribution in [1.29, 1.82) is 0 Å². The van der Waals surface area contributed by atoms with Crippen LogP contribution in [0.4, 0.5) is 28.4 Å². The van der Waals surface area contributed by atoms with E-state index in [1.54, 1.807) is 130 Å². The summed E-state index contributed by atoms with van der Waals surface area (Å²) in [5.41, 5.74) is 5.62. The number of rotatable bonds is 28. The predicted octanol–water partition coefficient (Wildman–Crippen LogP) is -4.92. The second-order valence-corrected chi connectivity index (χ2v) is 26.5. The maximum atomic E-state index is 12.5. The fourth-order valence-corrected chi connectivity index (χ4v) is 11.2. The van der Waals surface area contributed by atoms with E-state index in [0.29, 0.717) is 140 Å². The Morgan fingerprint density at radius 2 is 0.729 bits per heavy atom. The highest BCUT2D eigenvalue weighted by Gasteiger charge is 2.31. The first-order valence-electron chi connectivity index (χ1n) is 33.5. The van der Waals surface area contributed by atoms with Gasteiger partial charge in [0.2, 0.25) is 0 Å². The van der Waals surface area contributed by atoms with Gasteiger partial charge >= 0.3 is 11.4 Å². The summed E-state index contributed by atoms with van der Waals surface area (Å²) in [6.07, 6.45) is 6.16. The van der Waals surface area contributed by atoms with Crippen LogP contribution in [0.1, 0.15) is 58.7 Å². The van der Waals surface area contributed by atoms with Crippen LogP contribution in [0.2, 0.25) is 0 Å². The summed E-state index contributed by atoms with van der Waals surface area (Å²) in [4.78, 5) is 160. The average Bonchev–Trinajstić information content (AvgIpc) is 1.79. The fourth-order valence-electron chi connectivity index (χ4n) is 11.2. The van der Waals surface area contributed by atoms with Crippen LogP contribution < -0.4 is 114 Å². The Balaban J connectivity index is 0.000000284. The Hall–Kier alpha value is -10.8. The first-order chi connectivity index (χ1) is 49.5. The molecule has 3 aliphatic rings. The zero-order valence-electron chi connectivity index (χ0n) is 60.7. The van der Waals surface area contributed by atoms with Gasteiger partial charge in [-0.3, -0.25) is 57.3 Å². The number of aromatic nitrogens is 1. The standard InChI is InChI=1S/C26H31N5O4.C25H29N5O4.C25H24N4O6.3BrH/c1-18-17-23(32)30(26(18)35)20-11-9-19(10-12-20)24(33)29-14-16-31(3,4)15-13-28-22-8-6-5-7-21(22)25(34)27-2;1-26-25(34)20-6-4-5-7-21(20)27-14-16-30(2,3)17-15-28-24(33)18-8-10-19(11-9-18)29-22(31)12-13-23(29)32;1-29(2,16-14-27-20-6-4-3-5-19(20)24(33)35-25(27)34)15-13-26-23(32)17-7-9-18(10-8-17)28-21(30)11-12-22(28)31;;;/h5-12,17H,13-16H2,1-4H3,(H2-,27,28,29,33,34);4-13H,14-17H2,1-3H3,(H2-,26,27,28,33,34);3-12H,13-16H2,1-2H3;3*1H. The quantitative estimate of drug-likeness (QED) is 0.0179. The molecule has 6 aromatic carbocycles. The molecule has 566 valence electrons. The molecular weight excluding hydrogens is 1570 g/mol. The monoisotopic (exact) mass is 1660 g/mol. The number of carbonyl (C=O) groups excluding carboxylic acids is 11. The molecule has 0 saturated carbocycles. The van der Waals surface area contributed by atoms with Crippen LogP contribution in [0.25, 0.3) is 10.9 Å². The van der Waals surface area contributed by atoms with Crippen molar-refractivity contribution in [1.82, 2.24) is 31.2 Å². The summed E-state index contributed by atoms with van der Waals surface area (Å²) < 4.78 is 8.13. The van der Waals surface area contributed by atoms with Gasteiger partial charge in [0.1, 0.15) is 0 Å². The maximum Gasteiger partial charge on any atom is 0.422 e. The molecule has 0 spiro atoms. The molecule has 3 aliphatic heterocycles. The minimum Gasteiger partial charge on any atom is -1.00 e. The van der Waals surface area contributed by atoms with E-state index in [1.165, 1.54) is 34.9 Å². The minimum atomic E-state index is -0.696. The molecule has 0 saturated heterocycles. The number of hydrogen-bond acceptors (Lipinski definition) is 16. The molecule has 107 heavy (non-hydrogen) atoms. The van der Waals surface area contributed by atoms with Gasteiger partial charge in [0, 0.05) is 78.1 Å². The summed E-state index contributed by atoms with van der Waals surface area (Å²) in [5, 5.41) is 21.0.